The van der Waals surface area contributed by atoms with Crippen LogP contribution in [0, 0.1) is 11.3 Å². The van der Waals surface area contributed by atoms with E-state index in [1.165, 1.54) is 12.4 Å². The SMILES string of the molecule is CN(c1cc2c(ncn2C)c(C(N)=O)n1)c1ccc(C#N)cc1CC(F)F. The fourth-order valence-corrected chi connectivity index (χ4v) is 2.89. The maximum Gasteiger partial charge on any atom is 0.269 e. The molecule has 2 heterocycles. The van der Waals surface area contributed by atoms with Crippen molar-refractivity contribution in [2.75, 3.05) is 11.9 Å². The van der Waals surface area contributed by atoms with Crippen LogP contribution in [0.5, 0.6) is 0 Å². The number of amides is 1. The lowest BCUT2D eigenvalue weighted by Gasteiger charge is -2.22. The van der Waals surface area contributed by atoms with Crippen LogP contribution in [0.25, 0.3) is 11.0 Å². The molecule has 2 N–H and O–H groups in total. The number of nitrogens with two attached hydrogens (primary N) is 1. The third-order valence-corrected chi connectivity index (χ3v) is 4.22. The summed E-state index contributed by atoms with van der Waals surface area (Å²) in [4.78, 5) is 21.8. The average Bonchev–Trinajstić information content (AvgIpc) is 3.00. The smallest absolute Gasteiger partial charge is 0.269 e. The van der Waals surface area contributed by atoms with E-state index < -0.39 is 18.8 Å². The highest BCUT2D eigenvalue weighted by Gasteiger charge is 2.19. The van der Waals surface area contributed by atoms with E-state index in [2.05, 4.69) is 9.97 Å². The summed E-state index contributed by atoms with van der Waals surface area (Å²) in [7, 11) is 3.40. The van der Waals surface area contributed by atoms with Gasteiger partial charge in [0.15, 0.2) is 5.69 Å². The largest absolute Gasteiger partial charge is 0.364 e. The topological polar surface area (TPSA) is 101 Å². The van der Waals surface area contributed by atoms with Crippen LogP contribution in [0.4, 0.5) is 20.3 Å². The number of carbonyl (C=O) groups excluding carboxylic acids is 1. The van der Waals surface area contributed by atoms with Gasteiger partial charge in [0, 0.05) is 32.3 Å². The van der Waals surface area contributed by atoms with Crippen LogP contribution in [-0.2, 0) is 13.5 Å². The molecule has 0 unspecified atom stereocenters. The van der Waals surface area contributed by atoms with Gasteiger partial charge in [-0.2, -0.15) is 5.26 Å². The first-order chi connectivity index (χ1) is 12.8. The molecule has 3 aromatic rings. The van der Waals surface area contributed by atoms with Crippen molar-refractivity contribution in [2.45, 2.75) is 12.8 Å². The van der Waals surface area contributed by atoms with Crippen molar-refractivity contribution >= 4 is 28.4 Å². The number of aryl methyl sites for hydroxylation is 1. The van der Waals surface area contributed by atoms with Crippen LogP contribution in [0.15, 0.2) is 30.6 Å². The second kappa shape index (κ2) is 6.99. The van der Waals surface area contributed by atoms with Gasteiger partial charge < -0.3 is 15.2 Å². The van der Waals surface area contributed by atoms with Crippen molar-refractivity contribution in [3.05, 3.63) is 47.4 Å². The molecule has 0 spiro atoms. The minimum Gasteiger partial charge on any atom is -0.364 e. The lowest BCUT2D eigenvalue weighted by Crippen LogP contribution is -2.19. The Morgan fingerprint density at radius 1 is 1.41 bits per heavy atom. The number of halogens is 2. The van der Waals surface area contributed by atoms with E-state index in [4.69, 9.17) is 11.0 Å². The molecule has 0 radical (unpaired) electrons. The Labute approximate surface area is 153 Å². The average molecular weight is 370 g/mol. The maximum absolute atomic E-state index is 13.0. The third kappa shape index (κ3) is 3.42. The van der Waals surface area contributed by atoms with Gasteiger partial charge in [-0.05, 0) is 23.8 Å². The van der Waals surface area contributed by atoms with Crippen LogP contribution in [0.2, 0.25) is 0 Å². The molecule has 2 aromatic heterocycles. The molecule has 0 saturated heterocycles. The van der Waals surface area contributed by atoms with Crippen molar-refractivity contribution < 1.29 is 13.6 Å². The summed E-state index contributed by atoms with van der Waals surface area (Å²) >= 11 is 0. The first-order valence-corrected chi connectivity index (χ1v) is 7.98. The van der Waals surface area contributed by atoms with Crippen molar-refractivity contribution in [2.24, 2.45) is 12.8 Å². The molecule has 1 amide bonds. The molecule has 3 rings (SSSR count). The van der Waals surface area contributed by atoms with E-state index in [9.17, 15) is 13.6 Å². The quantitative estimate of drug-likeness (QED) is 0.744. The number of hydrogen-bond donors (Lipinski definition) is 1. The van der Waals surface area contributed by atoms with Gasteiger partial charge in [-0.1, -0.05) is 0 Å². The van der Waals surface area contributed by atoms with Gasteiger partial charge >= 0.3 is 0 Å². The highest BCUT2D eigenvalue weighted by atomic mass is 19.3. The summed E-state index contributed by atoms with van der Waals surface area (Å²) in [5, 5.41) is 9.04. The van der Waals surface area contributed by atoms with Crippen molar-refractivity contribution in [3.8, 4) is 6.07 Å². The molecule has 0 bridgehead atoms. The molecule has 0 aliphatic heterocycles. The van der Waals surface area contributed by atoms with Crippen LogP contribution < -0.4 is 10.6 Å². The standard InChI is InChI=1S/C18H16F2N6O/c1-25-9-23-16-13(25)7-15(24-17(16)18(22)27)26(2)12-4-3-10(8-21)5-11(12)6-14(19)20/h3-5,7,9,14H,6H2,1-2H3,(H2,22,27). The van der Waals surface area contributed by atoms with Gasteiger partial charge in [0.05, 0.1) is 23.5 Å². The van der Waals surface area contributed by atoms with Crippen LogP contribution in [0.1, 0.15) is 21.6 Å². The molecular formula is C18H16F2N6O. The van der Waals surface area contributed by atoms with E-state index in [0.717, 1.165) is 0 Å². The van der Waals surface area contributed by atoms with Crippen LogP contribution >= 0.6 is 0 Å². The molecule has 9 heteroatoms. The molecule has 7 nitrogen and oxygen atoms in total. The zero-order valence-electron chi connectivity index (χ0n) is 14.6. The van der Waals surface area contributed by atoms with E-state index in [0.29, 0.717) is 28.1 Å². The zero-order chi connectivity index (χ0) is 19.7. The minimum atomic E-state index is -2.57. The third-order valence-electron chi connectivity index (χ3n) is 4.22. The first kappa shape index (κ1) is 18.3. The normalized spacial score (nSPS) is 11.0. The van der Waals surface area contributed by atoms with Gasteiger partial charge in [0.2, 0.25) is 6.43 Å². The number of imidazole rings is 1. The van der Waals surface area contributed by atoms with Crippen LogP contribution in [0.3, 0.4) is 0 Å². The molecule has 0 aliphatic rings. The van der Waals surface area contributed by atoms with Crippen molar-refractivity contribution in [3.63, 3.8) is 0 Å². The van der Waals surface area contributed by atoms with Gasteiger partial charge in [0.25, 0.3) is 5.91 Å². The highest BCUT2D eigenvalue weighted by Crippen LogP contribution is 2.30. The second-order valence-corrected chi connectivity index (χ2v) is 6.03. The first-order valence-electron chi connectivity index (χ1n) is 7.98. The van der Waals surface area contributed by atoms with Gasteiger partial charge in [-0.3, -0.25) is 4.79 Å². The summed E-state index contributed by atoms with van der Waals surface area (Å²) in [5.41, 5.74) is 7.47. The van der Waals surface area contributed by atoms with E-state index >= 15 is 0 Å². The van der Waals surface area contributed by atoms with Crippen molar-refractivity contribution in [1.29, 1.82) is 5.26 Å². The molecule has 0 fully saturated rings. The number of alkyl halides is 2. The Bertz CT molecular complexity index is 1070. The summed E-state index contributed by atoms with van der Waals surface area (Å²) in [6, 6.07) is 8.19. The molecule has 0 aliphatic carbocycles. The van der Waals surface area contributed by atoms with E-state index in [1.54, 1.807) is 41.8 Å². The van der Waals surface area contributed by atoms with Gasteiger partial charge in [0.1, 0.15) is 11.3 Å². The number of fused-ring (bicyclic) bond motifs is 1. The Kier molecular flexibility index (Phi) is 4.73. The van der Waals surface area contributed by atoms with Gasteiger partial charge in [-0.15, -0.1) is 0 Å². The Morgan fingerprint density at radius 3 is 2.78 bits per heavy atom. The van der Waals surface area contributed by atoms with E-state index in [1.807, 2.05) is 6.07 Å². The number of nitriles is 1. The maximum atomic E-state index is 13.0. The number of aromatic nitrogens is 3. The number of primary amides is 1. The lowest BCUT2D eigenvalue weighted by atomic mass is 10.1. The number of carbonyl (C=O) groups is 1. The fourth-order valence-electron chi connectivity index (χ4n) is 2.89. The fraction of sp³-hybridized carbons (Fsp3) is 0.222. The molecule has 0 atom stereocenters. The Morgan fingerprint density at radius 2 is 2.15 bits per heavy atom. The number of benzene rings is 1. The molecule has 138 valence electrons. The minimum absolute atomic E-state index is 0.000922. The van der Waals surface area contributed by atoms with E-state index in [-0.39, 0.29) is 11.3 Å². The predicted molar refractivity (Wildman–Crippen MR) is 96.0 cm³/mol. The molecule has 27 heavy (non-hydrogen) atoms. The summed E-state index contributed by atoms with van der Waals surface area (Å²) in [6.07, 6.45) is -1.54. The van der Waals surface area contributed by atoms with Gasteiger partial charge in [-0.25, -0.2) is 18.7 Å². The Balaban J connectivity index is 2.16. The number of pyridine rings is 1. The number of rotatable bonds is 5. The number of anilines is 2. The zero-order valence-corrected chi connectivity index (χ0v) is 14.6. The number of nitrogens with zero attached hydrogens (tertiary/aromatic N) is 5. The molecule has 0 saturated carbocycles. The lowest BCUT2D eigenvalue weighted by molar-refractivity contribution is 0.0997. The van der Waals surface area contributed by atoms with Crippen molar-refractivity contribution in [1.82, 2.24) is 14.5 Å². The summed E-state index contributed by atoms with van der Waals surface area (Å²) in [5.74, 6) is -0.387. The second-order valence-electron chi connectivity index (χ2n) is 6.03. The molecule has 1 aromatic carbocycles. The predicted octanol–water partition coefficient (Wildman–Crippen LogP) is 2.51. The highest BCUT2D eigenvalue weighted by molar-refractivity contribution is 6.03. The molecular weight excluding hydrogens is 354 g/mol. The number of hydrogen-bond acceptors (Lipinski definition) is 5. The van der Waals surface area contributed by atoms with Crippen LogP contribution in [-0.4, -0.2) is 33.9 Å². The Hall–Kier alpha value is -3.54. The summed E-state index contributed by atoms with van der Waals surface area (Å²) < 4.78 is 27.7. The summed E-state index contributed by atoms with van der Waals surface area (Å²) in [6.45, 7) is 0. The monoisotopic (exact) mass is 370 g/mol.